The van der Waals surface area contributed by atoms with Gasteiger partial charge in [-0.3, -0.25) is 9.59 Å². The third kappa shape index (κ3) is 9.24. The minimum absolute atomic E-state index is 0.0181. The van der Waals surface area contributed by atoms with Gasteiger partial charge in [0, 0.05) is 30.7 Å². The van der Waals surface area contributed by atoms with Crippen molar-refractivity contribution in [2.75, 3.05) is 5.75 Å². The number of carbonyl (C=O) groups excluding carboxylic acids is 2. The first-order valence-electron chi connectivity index (χ1n) is 13.9. The van der Waals surface area contributed by atoms with Crippen LogP contribution in [0.4, 0.5) is 0 Å². The number of benzene rings is 2. The lowest BCUT2D eigenvalue weighted by Gasteiger charge is -2.28. The van der Waals surface area contributed by atoms with Crippen molar-refractivity contribution in [3.8, 4) is 0 Å². The molecule has 1 heterocycles. The summed E-state index contributed by atoms with van der Waals surface area (Å²) < 4.78 is 28.1. The Hall–Kier alpha value is -3.02. The molecule has 2 aromatic rings. The molecule has 9 nitrogen and oxygen atoms in total. The zero-order valence-corrected chi connectivity index (χ0v) is 25.2. The Bertz CT molecular complexity index is 1320. The van der Waals surface area contributed by atoms with Crippen molar-refractivity contribution >= 4 is 45.2 Å². The van der Waals surface area contributed by atoms with Gasteiger partial charge < -0.3 is 15.8 Å². The molecule has 1 aliphatic rings. The van der Waals surface area contributed by atoms with Crippen LogP contribution in [0.1, 0.15) is 63.5 Å². The molecule has 3 atom stereocenters. The van der Waals surface area contributed by atoms with Crippen molar-refractivity contribution in [3.05, 3.63) is 65.7 Å². The minimum Gasteiger partial charge on any atom is -0.480 e. The maximum Gasteiger partial charge on any atom is 0.326 e. The number of Topliss-reactive ketones (excluding diaryl/α,β-unsaturated/α-hetero) is 1. The highest BCUT2D eigenvalue weighted by Crippen LogP contribution is 2.36. The van der Waals surface area contributed by atoms with Crippen LogP contribution in [0.15, 0.2) is 59.5 Å². The average molecular weight is 602 g/mol. The Labute approximate surface area is 246 Å². The van der Waals surface area contributed by atoms with Gasteiger partial charge in [-0.05, 0) is 55.9 Å². The Balaban J connectivity index is 1.61. The summed E-state index contributed by atoms with van der Waals surface area (Å²) in [5, 5.41) is 19.4. The second kappa shape index (κ2) is 15.3. The molecule has 0 aliphatic carbocycles. The molecule has 0 spiro atoms. The molecule has 222 valence electrons. The molecule has 41 heavy (non-hydrogen) atoms. The molecule has 0 radical (unpaired) electrons. The highest BCUT2D eigenvalue weighted by atomic mass is 32.2. The summed E-state index contributed by atoms with van der Waals surface area (Å²) in [6.45, 7) is 3.63. The number of unbranched alkanes of at least 4 members (excludes halogenated alkanes) is 2. The molecule has 0 bridgehead atoms. The summed E-state index contributed by atoms with van der Waals surface area (Å²) in [5.41, 5.74) is 2.17. The van der Waals surface area contributed by atoms with Gasteiger partial charge in [-0.1, -0.05) is 55.8 Å². The standard InChI is InChI=1S/C30H39N3O6S2/c1-3-28-33(41(38,39)25-12-8-5-9-13-25)27(20-40-28)29(35)32-26(30(36)37)19-23-16-14-22(15-17-23)18-24(34)11-7-4-6-10-21(2)31/h5,8-9,12-17,26-28,31H,3-4,6-7,10-11,18-20H2,1-2H3,(H,32,35)(H,36,37). The van der Waals surface area contributed by atoms with Crippen molar-refractivity contribution in [1.29, 1.82) is 5.41 Å². The van der Waals surface area contributed by atoms with E-state index in [4.69, 9.17) is 5.41 Å². The van der Waals surface area contributed by atoms with Gasteiger partial charge in [0.25, 0.3) is 0 Å². The Kier molecular flexibility index (Phi) is 12.1. The predicted octanol–water partition coefficient (Wildman–Crippen LogP) is 4.44. The molecule has 1 saturated heterocycles. The van der Waals surface area contributed by atoms with Gasteiger partial charge in [0.15, 0.2) is 0 Å². The predicted molar refractivity (Wildman–Crippen MR) is 161 cm³/mol. The molecule has 11 heteroatoms. The number of carboxylic acid groups (broad SMARTS) is 1. The molecule has 0 aromatic heterocycles. The lowest BCUT2D eigenvalue weighted by atomic mass is 10.00. The Morgan fingerprint density at radius 2 is 1.66 bits per heavy atom. The number of sulfonamides is 1. The molecule has 1 fully saturated rings. The average Bonchev–Trinajstić information content (AvgIpc) is 3.39. The van der Waals surface area contributed by atoms with Crippen LogP contribution < -0.4 is 5.32 Å². The number of carboxylic acids is 1. The third-order valence-electron chi connectivity index (χ3n) is 6.99. The summed E-state index contributed by atoms with van der Waals surface area (Å²) in [7, 11) is -3.97. The van der Waals surface area contributed by atoms with E-state index in [1.165, 1.54) is 28.2 Å². The molecular formula is C30H39N3O6S2. The van der Waals surface area contributed by atoms with E-state index >= 15 is 0 Å². The van der Waals surface area contributed by atoms with Crippen molar-refractivity contribution in [2.24, 2.45) is 0 Å². The minimum atomic E-state index is -3.97. The largest absolute Gasteiger partial charge is 0.480 e. The van der Waals surface area contributed by atoms with Crippen LogP contribution >= 0.6 is 11.8 Å². The van der Waals surface area contributed by atoms with Crippen LogP contribution in [0.5, 0.6) is 0 Å². The Morgan fingerprint density at radius 3 is 2.27 bits per heavy atom. The quantitative estimate of drug-likeness (QED) is 0.191. The number of aliphatic carboxylic acids is 1. The molecule has 1 amide bonds. The number of ketones is 1. The van der Waals surface area contributed by atoms with Gasteiger partial charge in [0.05, 0.1) is 10.3 Å². The maximum absolute atomic E-state index is 13.4. The van der Waals surface area contributed by atoms with Gasteiger partial charge in [0.2, 0.25) is 15.9 Å². The molecule has 3 N–H and O–H groups in total. The molecule has 2 aromatic carbocycles. The van der Waals surface area contributed by atoms with Gasteiger partial charge in [-0.25, -0.2) is 13.2 Å². The summed E-state index contributed by atoms with van der Waals surface area (Å²) >= 11 is 1.36. The van der Waals surface area contributed by atoms with E-state index in [0.717, 1.165) is 31.2 Å². The van der Waals surface area contributed by atoms with E-state index < -0.39 is 39.4 Å². The van der Waals surface area contributed by atoms with Gasteiger partial charge >= 0.3 is 5.97 Å². The van der Waals surface area contributed by atoms with Gasteiger partial charge in [-0.15, -0.1) is 11.8 Å². The fourth-order valence-electron chi connectivity index (χ4n) is 4.78. The lowest BCUT2D eigenvalue weighted by molar-refractivity contribution is -0.142. The molecule has 1 aliphatic heterocycles. The van der Waals surface area contributed by atoms with Crippen molar-refractivity contribution < 1.29 is 27.9 Å². The summed E-state index contributed by atoms with van der Waals surface area (Å²) in [6, 6.07) is 12.7. The molecular weight excluding hydrogens is 562 g/mol. The Morgan fingerprint density at radius 1 is 1.02 bits per heavy atom. The van der Waals surface area contributed by atoms with Crippen molar-refractivity contribution in [3.63, 3.8) is 0 Å². The number of thioether (sulfide) groups is 1. The second-order valence-corrected chi connectivity index (χ2v) is 13.4. The van der Waals surface area contributed by atoms with Crippen molar-refractivity contribution in [2.45, 2.75) is 87.6 Å². The van der Waals surface area contributed by atoms with Crippen LogP contribution in [-0.2, 0) is 37.2 Å². The van der Waals surface area contributed by atoms with Crippen LogP contribution in [0.25, 0.3) is 0 Å². The number of nitrogens with one attached hydrogen (secondary N) is 2. The van der Waals surface area contributed by atoms with Crippen molar-refractivity contribution in [1.82, 2.24) is 9.62 Å². The van der Waals surface area contributed by atoms with Gasteiger partial charge in [-0.2, -0.15) is 4.31 Å². The van der Waals surface area contributed by atoms with E-state index in [-0.39, 0.29) is 22.9 Å². The first-order chi connectivity index (χ1) is 19.5. The van der Waals surface area contributed by atoms with Gasteiger partial charge in [0.1, 0.15) is 17.9 Å². The number of amides is 1. The van der Waals surface area contributed by atoms with Crippen LogP contribution in [0.3, 0.4) is 0 Å². The summed E-state index contributed by atoms with van der Waals surface area (Å²) in [6.07, 6.45) is 4.69. The number of hydrogen-bond donors (Lipinski definition) is 3. The first-order valence-corrected chi connectivity index (χ1v) is 16.4. The molecule has 3 rings (SSSR count). The van der Waals surface area contributed by atoms with Crippen LogP contribution in [0, 0.1) is 5.41 Å². The molecule has 3 unspecified atom stereocenters. The second-order valence-electron chi connectivity index (χ2n) is 10.3. The topological polar surface area (TPSA) is 145 Å². The maximum atomic E-state index is 13.4. The first kappa shape index (κ1) is 32.5. The number of carbonyl (C=O) groups is 3. The number of nitrogens with zero attached hydrogens (tertiary/aromatic N) is 1. The fourth-order valence-corrected chi connectivity index (χ4v) is 8.35. The highest BCUT2D eigenvalue weighted by Gasteiger charge is 2.46. The summed E-state index contributed by atoms with van der Waals surface area (Å²) in [5.74, 6) is -1.49. The smallest absolute Gasteiger partial charge is 0.326 e. The van der Waals surface area contributed by atoms with E-state index in [2.05, 4.69) is 5.32 Å². The fraction of sp³-hybridized carbons (Fsp3) is 0.467. The third-order valence-corrected chi connectivity index (χ3v) is 10.5. The highest BCUT2D eigenvalue weighted by molar-refractivity contribution is 8.01. The number of rotatable bonds is 16. The van der Waals surface area contributed by atoms with E-state index in [0.29, 0.717) is 30.5 Å². The van der Waals surface area contributed by atoms with E-state index in [9.17, 15) is 27.9 Å². The normalized spacial score (nSPS) is 18.1. The number of hydrogen-bond acceptors (Lipinski definition) is 7. The monoisotopic (exact) mass is 601 g/mol. The van der Waals surface area contributed by atoms with Crippen LogP contribution in [-0.4, -0.2) is 64.4 Å². The lowest BCUT2D eigenvalue weighted by Crippen LogP contribution is -2.53. The summed E-state index contributed by atoms with van der Waals surface area (Å²) in [4.78, 5) is 37.8. The van der Waals surface area contributed by atoms with E-state index in [1.807, 2.05) is 6.92 Å². The SMILES string of the molecule is CCC1SCC(C(=O)NC(Cc2ccc(CC(=O)CCCCCC(C)=N)cc2)C(=O)O)N1S(=O)(=O)c1ccccc1. The molecule has 0 saturated carbocycles. The zero-order chi connectivity index (χ0) is 30.0. The van der Waals surface area contributed by atoms with E-state index in [1.54, 1.807) is 49.4 Å². The van der Waals surface area contributed by atoms with Crippen LogP contribution in [0.2, 0.25) is 0 Å². The zero-order valence-electron chi connectivity index (χ0n) is 23.5.